The van der Waals surface area contributed by atoms with Gasteiger partial charge in [-0.15, -0.1) is 0 Å². The van der Waals surface area contributed by atoms with Crippen molar-refractivity contribution in [3.05, 3.63) is 0 Å². The number of hydrogen-bond acceptors (Lipinski definition) is 2. The molecule has 3 nitrogen and oxygen atoms in total. The molecule has 3 atom stereocenters. The van der Waals surface area contributed by atoms with E-state index in [4.69, 9.17) is 5.11 Å². The van der Waals surface area contributed by atoms with E-state index in [1.165, 1.54) is 32.1 Å². The highest BCUT2D eigenvalue weighted by atomic mass is 16.4. The van der Waals surface area contributed by atoms with Gasteiger partial charge in [0, 0.05) is 6.54 Å². The SMILES string of the molecule is CC(C)CC1CCCC2(CNC(C(=O)O)C2)C1. The fourth-order valence-corrected chi connectivity index (χ4v) is 3.89. The first kappa shape index (κ1) is 12.9. The van der Waals surface area contributed by atoms with E-state index in [9.17, 15) is 4.79 Å². The molecule has 1 heterocycles. The summed E-state index contributed by atoms with van der Waals surface area (Å²) in [6, 6.07) is -0.298. The Kier molecular flexibility index (Phi) is 3.76. The summed E-state index contributed by atoms with van der Waals surface area (Å²) in [6.07, 6.45) is 7.24. The maximum Gasteiger partial charge on any atom is 0.320 e. The summed E-state index contributed by atoms with van der Waals surface area (Å²) in [6.45, 7) is 5.49. The van der Waals surface area contributed by atoms with E-state index in [-0.39, 0.29) is 6.04 Å². The summed E-state index contributed by atoms with van der Waals surface area (Å²) in [5, 5.41) is 12.3. The van der Waals surface area contributed by atoms with Gasteiger partial charge in [-0.2, -0.15) is 0 Å². The number of aliphatic carboxylic acids is 1. The molecule has 3 unspecified atom stereocenters. The normalized spacial score (nSPS) is 37.8. The number of rotatable bonds is 3. The van der Waals surface area contributed by atoms with Gasteiger partial charge in [0.1, 0.15) is 6.04 Å². The van der Waals surface area contributed by atoms with E-state index in [2.05, 4.69) is 19.2 Å². The summed E-state index contributed by atoms with van der Waals surface area (Å²) >= 11 is 0. The molecule has 1 aliphatic carbocycles. The topological polar surface area (TPSA) is 49.3 Å². The van der Waals surface area contributed by atoms with Gasteiger partial charge in [0.25, 0.3) is 0 Å². The molecule has 1 saturated carbocycles. The molecule has 0 bridgehead atoms. The van der Waals surface area contributed by atoms with Gasteiger partial charge in [-0.05, 0) is 42.9 Å². The molecule has 0 radical (unpaired) electrons. The molecule has 98 valence electrons. The molecular formula is C14H25NO2. The quantitative estimate of drug-likeness (QED) is 0.796. The highest BCUT2D eigenvalue weighted by Crippen LogP contribution is 2.46. The van der Waals surface area contributed by atoms with Gasteiger partial charge in [-0.1, -0.05) is 26.7 Å². The van der Waals surface area contributed by atoms with E-state index in [0.717, 1.165) is 24.8 Å². The van der Waals surface area contributed by atoms with E-state index < -0.39 is 5.97 Å². The molecule has 0 aromatic carbocycles. The van der Waals surface area contributed by atoms with Crippen LogP contribution >= 0.6 is 0 Å². The number of nitrogens with one attached hydrogen (secondary N) is 1. The summed E-state index contributed by atoms with van der Waals surface area (Å²) in [5.41, 5.74) is 0.293. The Morgan fingerprint density at radius 1 is 1.47 bits per heavy atom. The second kappa shape index (κ2) is 4.97. The van der Waals surface area contributed by atoms with Crippen LogP contribution in [0.25, 0.3) is 0 Å². The van der Waals surface area contributed by atoms with Crippen molar-refractivity contribution in [2.75, 3.05) is 6.54 Å². The predicted molar refractivity (Wildman–Crippen MR) is 67.9 cm³/mol. The average Bonchev–Trinajstić information content (AvgIpc) is 2.61. The van der Waals surface area contributed by atoms with Gasteiger partial charge in [-0.3, -0.25) is 4.79 Å². The molecule has 2 N–H and O–H groups in total. The highest BCUT2D eigenvalue weighted by molar-refractivity contribution is 5.74. The molecule has 2 fully saturated rings. The molecule has 0 aromatic rings. The number of carbonyl (C=O) groups is 1. The number of carboxylic acids is 1. The van der Waals surface area contributed by atoms with E-state index in [1.807, 2.05) is 0 Å². The molecule has 17 heavy (non-hydrogen) atoms. The third-order valence-corrected chi connectivity index (χ3v) is 4.50. The number of hydrogen-bond donors (Lipinski definition) is 2. The van der Waals surface area contributed by atoms with Crippen LogP contribution in [0.4, 0.5) is 0 Å². The van der Waals surface area contributed by atoms with Crippen molar-refractivity contribution < 1.29 is 9.90 Å². The van der Waals surface area contributed by atoms with Crippen molar-refractivity contribution in [3.63, 3.8) is 0 Å². The molecular weight excluding hydrogens is 214 g/mol. The van der Waals surface area contributed by atoms with Gasteiger partial charge < -0.3 is 10.4 Å². The fraction of sp³-hybridized carbons (Fsp3) is 0.929. The summed E-state index contributed by atoms with van der Waals surface area (Å²) in [5.74, 6) is 0.908. The lowest BCUT2D eigenvalue weighted by molar-refractivity contribution is -0.139. The minimum atomic E-state index is -0.673. The lowest BCUT2D eigenvalue weighted by Gasteiger charge is -2.38. The van der Waals surface area contributed by atoms with Gasteiger partial charge >= 0.3 is 5.97 Å². The fourth-order valence-electron chi connectivity index (χ4n) is 3.89. The van der Waals surface area contributed by atoms with Crippen molar-refractivity contribution in [3.8, 4) is 0 Å². The first-order valence-electron chi connectivity index (χ1n) is 6.97. The first-order valence-corrected chi connectivity index (χ1v) is 6.97. The standard InChI is InChI=1S/C14H25NO2/c1-10(2)6-11-4-3-5-14(7-11)8-12(13(16)17)15-9-14/h10-12,15H,3-9H2,1-2H3,(H,16,17). The van der Waals surface area contributed by atoms with Crippen molar-refractivity contribution in [1.82, 2.24) is 5.32 Å². The van der Waals surface area contributed by atoms with Crippen molar-refractivity contribution in [1.29, 1.82) is 0 Å². The van der Waals surface area contributed by atoms with Crippen LogP contribution in [0.2, 0.25) is 0 Å². The molecule has 0 amide bonds. The van der Waals surface area contributed by atoms with Gasteiger partial charge in [0.2, 0.25) is 0 Å². The van der Waals surface area contributed by atoms with Crippen molar-refractivity contribution in [2.45, 2.75) is 58.4 Å². The van der Waals surface area contributed by atoms with E-state index >= 15 is 0 Å². The highest BCUT2D eigenvalue weighted by Gasteiger charge is 2.44. The Labute approximate surface area is 104 Å². The zero-order chi connectivity index (χ0) is 12.5. The van der Waals surface area contributed by atoms with Crippen molar-refractivity contribution in [2.24, 2.45) is 17.3 Å². The zero-order valence-corrected chi connectivity index (χ0v) is 11.0. The maximum absolute atomic E-state index is 11.0. The Morgan fingerprint density at radius 2 is 2.24 bits per heavy atom. The Morgan fingerprint density at radius 3 is 2.82 bits per heavy atom. The van der Waals surface area contributed by atoms with Crippen LogP contribution in [0.5, 0.6) is 0 Å². The molecule has 1 aliphatic heterocycles. The Bertz CT molecular complexity index is 290. The second-order valence-electron chi connectivity index (χ2n) is 6.57. The lowest BCUT2D eigenvalue weighted by Crippen LogP contribution is -2.31. The Hall–Kier alpha value is -0.570. The molecule has 3 heteroatoms. The van der Waals surface area contributed by atoms with Crippen LogP contribution < -0.4 is 5.32 Å². The third kappa shape index (κ3) is 3.01. The minimum Gasteiger partial charge on any atom is -0.480 e. The average molecular weight is 239 g/mol. The van der Waals surface area contributed by atoms with Crippen LogP contribution in [0.3, 0.4) is 0 Å². The van der Waals surface area contributed by atoms with Gasteiger partial charge in [0.15, 0.2) is 0 Å². The van der Waals surface area contributed by atoms with Gasteiger partial charge in [-0.25, -0.2) is 0 Å². The second-order valence-corrected chi connectivity index (χ2v) is 6.57. The zero-order valence-electron chi connectivity index (χ0n) is 11.0. The monoisotopic (exact) mass is 239 g/mol. The summed E-state index contributed by atoms with van der Waals surface area (Å²) in [7, 11) is 0. The van der Waals surface area contributed by atoms with Crippen LogP contribution in [0, 0.1) is 17.3 Å². The van der Waals surface area contributed by atoms with Crippen LogP contribution in [0.1, 0.15) is 52.4 Å². The van der Waals surface area contributed by atoms with Crippen LogP contribution in [0.15, 0.2) is 0 Å². The molecule has 2 rings (SSSR count). The van der Waals surface area contributed by atoms with Crippen LogP contribution in [-0.2, 0) is 4.79 Å². The first-order chi connectivity index (χ1) is 8.01. The summed E-state index contributed by atoms with van der Waals surface area (Å²) < 4.78 is 0. The molecule has 1 spiro atoms. The smallest absolute Gasteiger partial charge is 0.320 e. The largest absolute Gasteiger partial charge is 0.480 e. The van der Waals surface area contributed by atoms with Crippen molar-refractivity contribution >= 4 is 5.97 Å². The van der Waals surface area contributed by atoms with Crippen LogP contribution in [-0.4, -0.2) is 23.7 Å². The number of carboxylic acid groups (broad SMARTS) is 1. The molecule has 0 aromatic heterocycles. The minimum absolute atomic E-state index is 0.293. The third-order valence-electron chi connectivity index (χ3n) is 4.50. The predicted octanol–water partition coefficient (Wildman–Crippen LogP) is 2.66. The molecule has 1 saturated heterocycles. The van der Waals surface area contributed by atoms with E-state index in [1.54, 1.807) is 0 Å². The molecule has 2 aliphatic rings. The lowest BCUT2D eigenvalue weighted by atomic mass is 9.67. The van der Waals surface area contributed by atoms with Gasteiger partial charge in [0.05, 0.1) is 0 Å². The Balaban J connectivity index is 1.95. The summed E-state index contributed by atoms with van der Waals surface area (Å²) in [4.78, 5) is 11.0. The maximum atomic E-state index is 11.0. The van der Waals surface area contributed by atoms with E-state index in [0.29, 0.717) is 5.41 Å².